The summed E-state index contributed by atoms with van der Waals surface area (Å²) in [4.78, 5) is 40.1. The number of halogens is 1. The molecule has 7 heteroatoms. The van der Waals surface area contributed by atoms with Crippen molar-refractivity contribution in [2.45, 2.75) is 26.2 Å². The van der Waals surface area contributed by atoms with Crippen molar-refractivity contribution < 1.29 is 23.5 Å². The van der Waals surface area contributed by atoms with Gasteiger partial charge in [-0.3, -0.25) is 14.4 Å². The Morgan fingerprint density at radius 2 is 1.69 bits per heavy atom. The summed E-state index contributed by atoms with van der Waals surface area (Å²) < 4.78 is 18.5. The Morgan fingerprint density at radius 3 is 2.34 bits per heavy atom. The molecule has 32 heavy (non-hydrogen) atoms. The van der Waals surface area contributed by atoms with Crippen LogP contribution in [-0.4, -0.2) is 55.3 Å². The van der Waals surface area contributed by atoms with E-state index in [1.165, 1.54) is 24.3 Å². The minimum Gasteiger partial charge on any atom is -0.382 e. The van der Waals surface area contributed by atoms with Gasteiger partial charge < -0.3 is 15.0 Å². The lowest BCUT2D eigenvalue weighted by atomic mass is 9.93. The Morgan fingerprint density at radius 1 is 1.03 bits per heavy atom. The second-order valence-electron chi connectivity index (χ2n) is 7.79. The zero-order valence-electron chi connectivity index (χ0n) is 18.3. The van der Waals surface area contributed by atoms with Gasteiger partial charge in [0.05, 0.1) is 5.56 Å². The van der Waals surface area contributed by atoms with Gasteiger partial charge in [0, 0.05) is 49.9 Å². The molecule has 0 bridgehead atoms. The zero-order valence-corrected chi connectivity index (χ0v) is 18.3. The summed E-state index contributed by atoms with van der Waals surface area (Å²) >= 11 is 0. The van der Waals surface area contributed by atoms with E-state index < -0.39 is 5.82 Å². The first-order valence-electron chi connectivity index (χ1n) is 11.0. The van der Waals surface area contributed by atoms with Gasteiger partial charge in [-0.1, -0.05) is 18.2 Å². The molecule has 0 unspecified atom stereocenters. The lowest BCUT2D eigenvalue weighted by Crippen LogP contribution is -2.43. The number of nitrogens with one attached hydrogen (secondary N) is 1. The fraction of sp³-hybridized carbons (Fsp3) is 0.400. The van der Waals surface area contributed by atoms with Crippen molar-refractivity contribution in [2.24, 2.45) is 5.92 Å². The average molecular weight is 441 g/mol. The van der Waals surface area contributed by atoms with E-state index in [1.807, 2.05) is 6.92 Å². The van der Waals surface area contributed by atoms with Crippen LogP contribution < -0.4 is 5.32 Å². The maximum Gasteiger partial charge on any atom is 0.254 e. The quantitative estimate of drug-likeness (QED) is 0.479. The molecule has 1 aliphatic rings. The van der Waals surface area contributed by atoms with E-state index in [-0.39, 0.29) is 23.5 Å². The third-order valence-electron chi connectivity index (χ3n) is 5.63. The highest BCUT2D eigenvalue weighted by Crippen LogP contribution is 2.22. The SMILES string of the molecule is CCOCCCNC(=O)C1CCN(C(=O)c2ccccc2C(=O)c2ccc(F)cc2)CC1. The third-order valence-corrected chi connectivity index (χ3v) is 5.63. The van der Waals surface area contributed by atoms with E-state index in [4.69, 9.17) is 4.74 Å². The van der Waals surface area contributed by atoms with Crippen molar-refractivity contribution in [2.75, 3.05) is 32.8 Å². The van der Waals surface area contributed by atoms with Crippen LogP contribution in [-0.2, 0) is 9.53 Å². The van der Waals surface area contributed by atoms with Crippen molar-refractivity contribution in [3.8, 4) is 0 Å². The molecule has 1 aliphatic heterocycles. The molecule has 0 spiro atoms. The van der Waals surface area contributed by atoms with Crippen molar-refractivity contribution >= 4 is 17.6 Å². The maximum atomic E-state index is 13.2. The first-order chi connectivity index (χ1) is 15.5. The van der Waals surface area contributed by atoms with E-state index in [1.54, 1.807) is 29.2 Å². The van der Waals surface area contributed by atoms with Crippen molar-refractivity contribution in [1.82, 2.24) is 10.2 Å². The predicted octanol–water partition coefficient (Wildman–Crippen LogP) is 3.45. The first-order valence-corrected chi connectivity index (χ1v) is 11.0. The summed E-state index contributed by atoms with van der Waals surface area (Å²) in [5.74, 6) is -1.09. The fourth-order valence-electron chi connectivity index (χ4n) is 3.81. The summed E-state index contributed by atoms with van der Waals surface area (Å²) in [6.07, 6.45) is 1.93. The predicted molar refractivity (Wildman–Crippen MR) is 119 cm³/mol. The molecular formula is C25H29FN2O4. The molecule has 1 fully saturated rings. The Hall–Kier alpha value is -3.06. The van der Waals surface area contributed by atoms with Crippen LogP contribution in [0.4, 0.5) is 4.39 Å². The van der Waals surface area contributed by atoms with E-state index in [0.717, 1.165) is 6.42 Å². The van der Waals surface area contributed by atoms with Gasteiger partial charge in [0.2, 0.25) is 5.91 Å². The molecular weight excluding hydrogens is 411 g/mol. The molecule has 0 aliphatic carbocycles. The molecule has 0 radical (unpaired) electrons. The van der Waals surface area contributed by atoms with Gasteiger partial charge >= 0.3 is 0 Å². The zero-order chi connectivity index (χ0) is 22.9. The normalized spacial score (nSPS) is 14.2. The largest absolute Gasteiger partial charge is 0.382 e. The van der Waals surface area contributed by atoms with Crippen molar-refractivity contribution in [1.29, 1.82) is 0 Å². The van der Waals surface area contributed by atoms with E-state index >= 15 is 0 Å². The number of likely N-dealkylation sites (tertiary alicyclic amines) is 1. The number of rotatable bonds is 9. The Kier molecular flexibility index (Phi) is 8.50. The molecule has 0 atom stereocenters. The Labute approximate surface area is 187 Å². The number of nitrogens with zero attached hydrogens (tertiary/aromatic N) is 1. The molecule has 1 heterocycles. The van der Waals surface area contributed by atoms with Crippen LogP contribution in [0.1, 0.15) is 52.5 Å². The number of hydrogen-bond donors (Lipinski definition) is 1. The number of amides is 2. The molecule has 3 rings (SSSR count). The Bertz CT molecular complexity index is 937. The molecule has 2 amide bonds. The fourth-order valence-corrected chi connectivity index (χ4v) is 3.81. The van der Waals surface area contributed by atoms with Gasteiger partial charge in [-0.05, 0) is 56.5 Å². The minimum absolute atomic E-state index is 0.0143. The number of ether oxygens (including phenoxy) is 1. The van der Waals surface area contributed by atoms with Crippen LogP contribution in [0.3, 0.4) is 0 Å². The van der Waals surface area contributed by atoms with Crippen LogP contribution in [0.25, 0.3) is 0 Å². The molecule has 0 aromatic heterocycles. The minimum atomic E-state index is -0.424. The molecule has 1 saturated heterocycles. The van der Waals surface area contributed by atoms with E-state index in [9.17, 15) is 18.8 Å². The van der Waals surface area contributed by atoms with Crippen LogP contribution >= 0.6 is 0 Å². The number of carbonyl (C=O) groups is 3. The lowest BCUT2D eigenvalue weighted by molar-refractivity contribution is -0.126. The summed E-state index contributed by atoms with van der Waals surface area (Å²) in [5, 5.41) is 2.94. The summed E-state index contributed by atoms with van der Waals surface area (Å²) in [6, 6.07) is 12.0. The van der Waals surface area contributed by atoms with Crippen molar-refractivity contribution in [3.63, 3.8) is 0 Å². The number of hydrogen-bond acceptors (Lipinski definition) is 4. The highest BCUT2D eigenvalue weighted by molar-refractivity contribution is 6.15. The first kappa shape index (κ1) is 23.6. The standard InChI is InChI=1S/C25H29FN2O4/c1-2-32-17-5-14-27-24(30)19-12-15-28(16-13-19)25(31)22-7-4-3-6-21(22)23(29)18-8-10-20(26)11-9-18/h3-4,6-11,19H,2,5,12-17H2,1H3,(H,27,30). The van der Waals surface area contributed by atoms with Gasteiger partial charge in [0.1, 0.15) is 5.82 Å². The van der Waals surface area contributed by atoms with Gasteiger partial charge in [0.15, 0.2) is 5.78 Å². The maximum absolute atomic E-state index is 13.2. The van der Waals surface area contributed by atoms with Gasteiger partial charge in [-0.15, -0.1) is 0 Å². The topological polar surface area (TPSA) is 75.7 Å². The number of carbonyl (C=O) groups excluding carboxylic acids is 3. The van der Waals surface area contributed by atoms with E-state index in [2.05, 4.69) is 5.32 Å². The molecule has 1 N–H and O–H groups in total. The second kappa shape index (κ2) is 11.5. The summed E-state index contributed by atoms with van der Waals surface area (Å²) in [7, 11) is 0. The van der Waals surface area contributed by atoms with Crippen LogP contribution in [0.15, 0.2) is 48.5 Å². The van der Waals surface area contributed by atoms with Crippen LogP contribution in [0, 0.1) is 11.7 Å². The molecule has 2 aromatic carbocycles. The highest BCUT2D eigenvalue weighted by atomic mass is 19.1. The molecule has 6 nitrogen and oxygen atoms in total. The molecule has 170 valence electrons. The third kappa shape index (κ3) is 6.01. The summed E-state index contributed by atoms with van der Waals surface area (Å²) in [5.41, 5.74) is 0.935. The monoisotopic (exact) mass is 440 g/mol. The number of benzene rings is 2. The second-order valence-corrected chi connectivity index (χ2v) is 7.79. The van der Waals surface area contributed by atoms with Gasteiger partial charge in [-0.2, -0.15) is 0 Å². The number of ketones is 1. The van der Waals surface area contributed by atoms with Crippen LogP contribution in [0.5, 0.6) is 0 Å². The lowest BCUT2D eigenvalue weighted by Gasteiger charge is -2.31. The highest BCUT2D eigenvalue weighted by Gasteiger charge is 2.29. The number of piperidine rings is 1. The Balaban J connectivity index is 1.59. The van der Waals surface area contributed by atoms with Gasteiger partial charge in [0.25, 0.3) is 5.91 Å². The van der Waals surface area contributed by atoms with Crippen molar-refractivity contribution in [3.05, 3.63) is 71.0 Å². The molecule has 0 saturated carbocycles. The van der Waals surface area contributed by atoms with Crippen LogP contribution in [0.2, 0.25) is 0 Å². The molecule has 2 aromatic rings. The summed E-state index contributed by atoms with van der Waals surface area (Å²) in [6.45, 7) is 4.71. The van der Waals surface area contributed by atoms with Gasteiger partial charge in [-0.25, -0.2) is 4.39 Å². The van der Waals surface area contributed by atoms with E-state index in [0.29, 0.717) is 62.4 Å². The average Bonchev–Trinajstić information content (AvgIpc) is 2.83. The smallest absolute Gasteiger partial charge is 0.254 e.